The molecule has 178 valence electrons. The van der Waals surface area contributed by atoms with Crippen molar-refractivity contribution in [2.45, 2.75) is 43.4 Å². The van der Waals surface area contributed by atoms with Gasteiger partial charge in [0, 0.05) is 46.6 Å². The molecule has 34 heavy (non-hydrogen) atoms. The predicted molar refractivity (Wildman–Crippen MR) is 129 cm³/mol. The van der Waals surface area contributed by atoms with Gasteiger partial charge >= 0.3 is 0 Å². The molecule has 0 bridgehead atoms. The Labute approximate surface area is 201 Å². The van der Waals surface area contributed by atoms with Crippen LogP contribution in [0.25, 0.3) is 5.69 Å². The number of thioether (sulfide) groups is 1. The normalized spacial score (nSPS) is 15.0. The molecule has 0 saturated carbocycles. The average Bonchev–Trinajstić information content (AvgIpc) is 2.96. The van der Waals surface area contributed by atoms with Gasteiger partial charge in [0.25, 0.3) is 5.91 Å². The van der Waals surface area contributed by atoms with E-state index in [0.29, 0.717) is 17.0 Å². The summed E-state index contributed by atoms with van der Waals surface area (Å²) < 4.78 is 29.7. The topological polar surface area (TPSA) is 62.5 Å². The Morgan fingerprint density at radius 2 is 1.91 bits per heavy atom. The molecule has 1 N–H and O–H groups in total. The van der Waals surface area contributed by atoms with Crippen molar-refractivity contribution in [1.29, 1.82) is 0 Å². The Balaban J connectivity index is 1.97. The van der Waals surface area contributed by atoms with E-state index in [0.717, 1.165) is 16.6 Å². The van der Waals surface area contributed by atoms with Gasteiger partial charge in [-0.3, -0.25) is 9.59 Å². The van der Waals surface area contributed by atoms with Crippen LogP contribution in [0.3, 0.4) is 0 Å². The summed E-state index contributed by atoms with van der Waals surface area (Å²) in [5, 5.41) is 9.14. The van der Waals surface area contributed by atoms with E-state index >= 15 is 0 Å². The van der Waals surface area contributed by atoms with E-state index in [2.05, 4.69) is 0 Å². The molecule has 1 aliphatic heterocycles. The number of benzene rings is 2. The largest absolute Gasteiger partial charge is 0.395 e. The molecule has 1 unspecified atom stereocenters. The van der Waals surface area contributed by atoms with E-state index in [1.54, 1.807) is 0 Å². The highest BCUT2D eigenvalue weighted by Gasteiger charge is 2.31. The summed E-state index contributed by atoms with van der Waals surface area (Å²) in [6.07, 6.45) is 0.257. The Hall–Kier alpha value is -2.97. The summed E-state index contributed by atoms with van der Waals surface area (Å²) in [7, 11) is 0. The van der Waals surface area contributed by atoms with E-state index in [1.165, 1.54) is 34.9 Å². The molecular weight excluding hydrogens is 458 g/mol. The van der Waals surface area contributed by atoms with Crippen LogP contribution in [0.1, 0.15) is 46.4 Å². The van der Waals surface area contributed by atoms with Crippen molar-refractivity contribution < 1.29 is 18.7 Å². The monoisotopic (exact) mass is 484 g/mol. The van der Waals surface area contributed by atoms with Crippen molar-refractivity contribution in [2.24, 2.45) is 0 Å². The highest BCUT2D eigenvalue weighted by atomic mass is 32.2. The number of carbonyl (C=O) groups excluding carboxylic acids is 1. The van der Waals surface area contributed by atoms with Gasteiger partial charge in [-0.25, -0.2) is 8.78 Å². The lowest BCUT2D eigenvalue weighted by Crippen LogP contribution is -2.42. The van der Waals surface area contributed by atoms with Crippen molar-refractivity contribution in [3.63, 3.8) is 0 Å². The molecule has 2 heterocycles. The van der Waals surface area contributed by atoms with Crippen molar-refractivity contribution in [3.05, 3.63) is 92.9 Å². The van der Waals surface area contributed by atoms with Gasteiger partial charge in [0.05, 0.1) is 12.3 Å². The van der Waals surface area contributed by atoms with Crippen LogP contribution in [0.15, 0.2) is 58.2 Å². The highest BCUT2D eigenvalue weighted by molar-refractivity contribution is 7.99. The molecule has 1 atom stereocenters. The number of carbonyl (C=O) groups is 1. The fraction of sp³-hybridized carbons (Fsp3) is 0.308. The SMILES string of the molecule is Cc1cc(=O)c(C(=O)N(CCO)C(C)C)c2n1-c1ccccc1SC(c1ccc(F)c(F)c1)C2. The smallest absolute Gasteiger partial charge is 0.259 e. The predicted octanol–water partition coefficient (Wildman–Crippen LogP) is 4.66. The molecule has 5 nitrogen and oxygen atoms in total. The lowest BCUT2D eigenvalue weighted by molar-refractivity contribution is 0.0662. The minimum absolute atomic E-state index is 0.0395. The zero-order chi connectivity index (χ0) is 24.6. The van der Waals surface area contributed by atoms with Crippen molar-refractivity contribution >= 4 is 17.7 Å². The average molecular weight is 485 g/mol. The number of nitrogens with zero attached hydrogens (tertiary/aromatic N) is 2. The van der Waals surface area contributed by atoms with Crippen LogP contribution in [-0.4, -0.2) is 39.7 Å². The minimum Gasteiger partial charge on any atom is -0.395 e. The lowest BCUT2D eigenvalue weighted by atomic mass is 10.0. The van der Waals surface area contributed by atoms with Crippen LogP contribution < -0.4 is 5.43 Å². The number of amides is 1. The van der Waals surface area contributed by atoms with Crippen LogP contribution in [0.2, 0.25) is 0 Å². The number of aliphatic hydroxyl groups is 1. The van der Waals surface area contributed by atoms with E-state index in [9.17, 15) is 23.5 Å². The van der Waals surface area contributed by atoms with Gasteiger partial charge in [-0.05, 0) is 50.6 Å². The van der Waals surface area contributed by atoms with Crippen LogP contribution in [-0.2, 0) is 6.42 Å². The summed E-state index contributed by atoms with van der Waals surface area (Å²) in [6, 6.07) is 12.7. The number of aromatic nitrogens is 1. The first-order valence-electron chi connectivity index (χ1n) is 11.1. The summed E-state index contributed by atoms with van der Waals surface area (Å²) >= 11 is 1.49. The number of aliphatic hydroxyl groups excluding tert-OH is 1. The minimum atomic E-state index is -0.942. The molecule has 1 amide bonds. The third-order valence-corrected chi connectivity index (χ3v) is 7.33. The maximum absolute atomic E-state index is 14.1. The first-order valence-corrected chi connectivity index (χ1v) is 12.0. The molecule has 8 heteroatoms. The molecule has 0 aliphatic carbocycles. The Kier molecular flexibility index (Phi) is 6.91. The first-order chi connectivity index (χ1) is 16.2. The van der Waals surface area contributed by atoms with Crippen LogP contribution >= 0.6 is 11.8 Å². The van der Waals surface area contributed by atoms with Gasteiger partial charge in [0.15, 0.2) is 17.1 Å². The molecule has 0 radical (unpaired) electrons. The Bertz CT molecular complexity index is 1310. The van der Waals surface area contributed by atoms with Crippen molar-refractivity contribution in [3.8, 4) is 5.69 Å². The third-order valence-electron chi connectivity index (χ3n) is 6.01. The standard InChI is InChI=1S/C26H26F2N2O3S/c1-15(2)29(10-11-31)26(33)25-21-14-24(17-8-9-18(27)19(28)13-17)34-23-7-5-4-6-20(23)30(21)16(3)12-22(25)32/h4-9,12-13,15,24,31H,10-11,14H2,1-3H3. The molecule has 0 spiro atoms. The highest BCUT2D eigenvalue weighted by Crippen LogP contribution is 2.44. The second-order valence-corrected chi connectivity index (χ2v) is 9.82. The summed E-state index contributed by atoms with van der Waals surface area (Å²) in [5.41, 5.74) is 2.22. The van der Waals surface area contributed by atoms with Gasteiger partial charge < -0.3 is 14.6 Å². The fourth-order valence-corrected chi connectivity index (χ4v) is 5.67. The number of rotatable bonds is 5. The zero-order valence-electron chi connectivity index (χ0n) is 19.2. The number of pyridine rings is 1. The molecule has 2 aromatic carbocycles. The summed E-state index contributed by atoms with van der Waals surface area (Å²) in [4.78, 5) is 29.2. The van der Waals surface area contributed by atoms with Crippen molar-refractivity contribution in [2.75, 3.05) is 13.2 Å². The summed E-state index contributed by atoms with van der Waals surface area (Å²) in [5.74, 6) is -2.32. The first kappa shape index (κ1) is 24.2. The van der Waals surface area contributed by atoms with Crippen LogP contribution in [0.5, 0.6) is 0 Å². The maximum atomic E-state index is 14.1. The number of hydrogen-bond acceptors (Lipinski definition) is 4. The number of aryl methyl sites for hydroxylation is 1. The van der Waals surface area contributed by atoms with E-state index in [1.807, 2.05) is 49.6 Å². The molecule has 1 aliphatic rings. The lowest BCUT2D eigenvalue weighted by Gasteiger charge is -2.28. The van der Waals surface area contributed by atoms with Gasteiger partial charge in [0.1, 0.15) is 5.56 Å². The van der Waals surface area contributed by atoms with Crippen molar-refractivity contribution in [1.82, 2.24) is 9.47 Å². The fourth-order valence-electron chi connectivity index (χ4n) is 4.41. The van der Waals surface area contributed by atoms with Crippen LogP contribution in [0, 0.1) is 18.6 Å². The quantitative estimate of drug-likeness (QED) is 0.572. The van der Waals surface area contributed by atoms with E-state index in [4.69, 9.17) is 0 Å². The number of hydrogen-bond donors (Lipinski definition) is 1. The zero-order valence-corrected chi connectivity index (χ0v) is 20.0. The van der Waals surface area contributed by atoms with E-state index in [-0.39, 0.29) is 36.4 Å². The second kappa shape index (κ2) is 9.72. The van der Waals surface area contributed by atoms with Gasteiger partial charge in [0.2, 0.25) is 0 Å². The number of halogens is 2. The summed E-state index contributed by atoms with van der Waals surface area (Å²) in [6.45, 7) is 5.34. The molecule has 0 fully saturated rings. The van der Waals surface area contributed by atoms with E-state index < -0.39 is 23.0 Å². The molecular formula is C26H26F2N2O3S. The van der Waals surface area contributed by atoms with Crippen LogP contribution in [0.4, 0.5) is 8.78 Å². The Morgan fingerprint density at radius 3 is 2.59 bits per heavy atom. The van der Waals surface area contributed by atoms with Gasteiger partial charge in [-0.1, -0.05) is 18.2 Å². The second-order valence-electron chi connectivity index (χ2n) is 8.57. The number of fused-ring (bicyclic) bond motifs is 3. The molecule has 4 rings (SSSR count). The maximum Gasteiger partial charge on any atom is 0.259 e. The molecule has 3 aromatic rings. The Morgan fingerprint density at radius 1 is 1.18 bits per heavy atom. The van der Waals surface area contributed by atoms with Gasteiger partial charge in [-0.2, -0.15) is 0 Å². The van der Waals surface area contributed by atoms with Gasteiger partial charge in [-0.15, -0.1) is 11.8 Å². The molecule has 1 aromatic heterocycles. The molecule has 0 saturated heterocycles. The third kappa shape index (κ3) is 4.40. The number of para-hydroxylation sites is 1.